The summed E-state index contributed by atoms with van der Waals surface area (Å²) in [6.07, 6.45) is -2.31. The Morgan fingerprint density at radius 1 is 1.40 bits per heavy atom. The molecule has 9 heteroatoms. The van der Waals surface area contributed by atoms with Crippen molar-refractivity contribution in [3.8, 4) is 0 Å². The van der Waals surface area contributed by atoms with E-state index in [0.717, 1.165) is 7.11 Å². The van der Waals surface area contributed by atoms with Gasteiger partial charge in [0.25, 0.3) is 0 Å². The standard InChI is InChI=1S/C16H22BrFN2O5/c1-16(2,3)25-15(23)19-20(9-13(21)14(22)24-4)8-10-5-6-11(17)7-12(10)18/h5-7,13,21H,8-9H2,1-4H3,(H,19,23)/t13-/m1/s1. The summed E-state index contributed by atoms with van der Waals surface area (Å²) >= 11 is 3.16. The average molecular weight is 421 g/mol. The largest absolute Gasteiger partial charge is 0.467 e. The SMILES string of the molecule is COC(=O)[C@H](O)CN(Cc1ccc(Br)cc1F)NC(=O)OC(C)(C)C. The van der Waals surface area contributed by atoms with Gasteiger partial charge >= 0.3 is 12.1 Å². The fraction of sp³-hybridized carbons (Fsp3) is 0.500. The van der Waals surface area contributed by atoms with Crippen molar-refractivity contribution in [1.82, 2.24) is 10.4 Å². The zero-order valence-corrected chi connectivity index (χ0v) is 16.1. The van der Waals surface area contributed by atoms with Crippen LogP contribution in [-0.4, -0.2) is 47.5 Å². The molecular weight excluding hydrogens is 399 g/mol. The summed E-state index contributed by atoms with van der Waals surface area (Å²) in [7, 11) is 1.13. The van der Waals surface area contributed by atoms with Crippen molar-refractivity contribution in [3.05, 3.63) is 34.1 Å². The van der Waals surface area contributed by atoms with Gasteiger partial charge in [-0.05, 0) is 32.9 Å². The van der Waals surface area contributed by atoms with Crippen molar-refractivity contribution in [2.45, 2.75) is 39.0 Å². The van der Waals surface area contributed by atoms with Gasteiger partial charge in [0.2, 0.25) is 0 Å². The van der Waals surface area contributed by atoms with Crippen LogP contribution < -0.4 is 5.43 Å². The van der Waals surface area contributed by atoms with Gasteiger partial charge in [-0.1, -0.05) is 22.0 Å². The highest BCUT2D eigenvalue weighted by Gasteiger charge is 2.24. The van der Waals surface area contributed by atoms with Gasteiger partial charge in [0.15, 0.2) is 6.10 Å². The van der Waals surface area contributed by atoms with Crippen LogP contribution in [0, 0.1) is 5.82 Å². The molecule has 0 unspecified atom stereocenters. The van der Waals surface area contributed by atoms with Crippen LogP contribution in [0.3, 0.4) is 0 Å². The summed E-state index contributed by atoms with van der Waals surface area (Å²) in [5, 5.41) is 11.0. The molecule has 0 fully saturated rings. The Bertz CT molecular complexity index is 621. The lowest BCUT2D eigenvalue weighted by Crippen LogP contribution is -2.49. The number of hydrogen-bond acceptors (Lipinski definition) is 6. The van der Waals surface area contributed by atoms with Crippen molar-refractivity contribution in [2.75, 3.05) is 13.7 Å². The van der Waals surface area contributed by atoms with Gasteiger partial charge < -0.3 is 14.6 Å². The Kier molecular flexibility index (Phi) is 7.78. The van der Waals surface area contributed by atoms with Crippen LogP contribution >= 0.6 is 15.9 Å². The van der Waals surface area contributed by atoms with Crippen LogP contribution in [0.15, 0.2) is 22.7 Å². The van der Waals surface area contributed by atoms with E-state index in [1.807, 2.05) is 0 Å². The lowest BCUT2D eigenvalue weighted by atomic mass is 10.2. The number of aliphatic hydroxyl groups excluding tert-OH is 1. The normalized spacial score (nSPS) is 12.6. The summed E-state index contributed by atoms with van der Waals surface area (Å²) in [6.45, 7) is 4.67. The number of carbonyl (C=O) groups excluding carboxylic acids is 2. The zero-order valence-electron chi connectivity index (χ0n) is 14.5. The molecule has 1 aromatic carbocycles. The maximum absolute atomic E-state index is 14.0. The third-order valence-corrected chi connectivity index (χ3v) is 3.38. The van der Waals surface area contributed by atoms with Crippen LogP contribution in [-0.2, 0) is 20.8 Å². The van der Waals surface area contributed by atoms with Gasteiger partial charge in [0, 0.05) is 16.6 Å². The highest BCUT2D eigenvalue weighted by molar-refractivity contribution is 9.10. The molecule has 0 aliphatic rings. The minimum absolute atomic E-state index is 0.0909. The summed E-state index contributed by atoms with van der Waals surface area (Å²) in [5.41, 5.74) is 1.92. The third-order valence-electron chi connectivity index (χ3n) is 2.89. The Morgan fingerprint density at radius 3 is 2.56 bits per heavy atom. The predicted octanol–water partition coefficient (Wildman–Crippen LogP) is 2.36. The summed E-state index contributed by atoms with van der Waals surface area (Å²) in [5.74, 6) is -1.37. The number of esters is 1. The van der Waals surface area contributed by atoms with Crippen LogP contribution in [0.4, 0.5) is 9.18 Å². The van der Waals surface area contributed by atoms with Crippen LogP contribution in [0.25, 0.3) is 0 Å². The zero-order chi connectivity index (χ0) is 19.2. The van der Waals surface area contributed by atoms with E-state index < -0.39 is 29.6 Å². The second-order valence-electron chi connectivity index (χ2n) is 6.27. The van der Waals surface area contributed by atoms with E-state index in [0.29, 0.717) is 4.47 Å². The molecule has 2 N–H and O–H groups in total. The molecule has 1 amide bonds. The molecule has 1 rings (SSSR count). The molecule has 0 heterocycles. The number of ether oxygens (including phenoxy) is 2. The maximum Gasteiger partial charge on any atom is 0.422 e. The fourth-order valence-corrected chi connectivity index (χ4v) is 2.19. The highest BCUT2D eigenvalue weighted by Crippen LogP contribution is 2.17. The van der Waals surface area contributed by atoms with Gasteiger partial charge in [-0.15, -0.1) is 0 Å². The van der Waals surface area contributed by atoms with Gasteiger partial charge in [-0.3, -0.25) is 5.43 Å². The molecule has 0 radical (unpaired) electrons. The van der Waals surface area contributed by atoms with Crippen LogP contribution in [0.5, 0.6) is 0 Å². The average Bonchev–Trinajstić information content (AvgIpc) is 2.47. The summed E-state index contributed by atoms with van der Waals surface area (Å²) < 4.78 is 24.2. The van der Waals surface area contributed by atoms with Crippen LogP contribution in [0.2, 0.25) is 0 Å². The molecule has 1 aromatic rings. The smallest absolute Gasteiger partial charge is 0.422 e. The first-order valence-electron chi connectivity index (χ1n) is 7.46. The van der Waals surface area contributed by atoms with Crippen molar-refractivity contribution in [3.63, 3.8) is 0 Å². The Hall–Kier alpha value is -1.71. The highest BCUT2D eigenvalue weighted by atomic mass is 79.9. The fourth-order valence-electron chi connectivity index (χ4n) is 1.85. The number of carbonyl (C=O) groups is 2. The molecule has 25 heavy (non-hydrogen) atoms. The molecule has 7 nitrogen and oxygen atoms in total. The second-order valence-corrected chi connectivity index (χ2v) is 7.18. The molecule has 1 atom stereocenters. The Balaban J connectivity index is 2.90. The molecule has 0 saturated carbocycles. The number of nitrogens with one attached hydrogen (secondary N) is 1. The molecule has 0 bridgehead atoms. The molecule has 0 aromatic heterocycles. The molecule has 0 spiro atoms. The second kappa shape index (κ2) is 9.12. The number of hydrogen-bond donors (Lipinski definition) is 2. The van der Waals surface area contributed by atoms with E-state index in [1.165, 1.54) is 17.1 Å². The molecule has 0 aliphatic carbocycles. The predicted molar refractivity (Wildman–Crippen MR) is 91.9 cm³/mol. The number of nitrogens with zero attached hydrogens (tertiary/aromatic N) is 1. The monoisotopic (exact) mass is 420 g/mol. The van der Waals surface area contributed by atoms with Gasteiger partial charge in [0.05, 0.1) is 13.7 Å². The van der Waals surface area contributed by atoms with E-state index >= 15 is 0 Å². The van der Waals surface area contributed by atoms with Gasteiger partial charge in [0.1, 0.15) is 11.4 Å². The quantitative estimate of drug-likeness (QED) is 0.542. The maximum atomic E-state index is 14.0. The molecule has 0 aliphatic heterocycles. The van der Waals surface area contributed by atoms with Gasteiger partial charge in [-0.25, -0.2) is 19.0 Å². The first-order valence-corrected chi connectivity index (χ1v) is 8.25. The van der Waals surface area contributed by atoms with E-state index in [-0.39, 0.29) is 18.7 Å². The number of halogens is 2. The van der Waals surface area contributed by atoms with Crippen molar-refractivity contribution in [1.29, 1.82) is 0 Å². The Morgan fingerprint density at radius 2 is 2.04 bits per heavy atom. The number of methoxy groups -OCH3 is 1. The van der Waals surface area contributed by atoms with Crippen molar-refractivity contribution >= 4 is 28.0 Å². The van der Waals surface area contributed by atoms with E-state index in [9.17, 15) is 19.1 Å². The minimum atomic E-state index is -1.52. The van der Waals surface area contributed by atoms with Crippen molar-refractivity contribution < 1.29 is 28.6 Å². The topological polar surface area (TPSA) is 88.1 Å². The van der Waals surface area contributed by atoms with Gasteiger partial charge in [-0.2, -0.15) is 0 Å². The first kappa shape index (κ1) is 21.3. The number of aliphatic hydroxyl groups is 1. The first-order chi connectivity index (χ1) is 11.5. The lowest BCUT2D eigenvalue weighted by molar-refractivity contribution is -0.152. The summed E-state index contributed by atoms with van der Waals surface area (Å²) in [6, 6.07) is 4.44. The Labute approximate surface area is 154 Å². The number of hydrazine groups is 1. The lowest BCUT2D eigenvalue weighted by Gasteiger charge is -2.27. The van der Waals surface area contributed by atoms with E-state index in [2.05, 4.69) is 26.1 Å². The molecule has 140 valence electrons. The summed E-state index contributed by atoms with van der Waals surface area (Å²) in [4.78, 5) is 23.3. The number of amides is 1. The van der Waals surface area contributed by atoms with E-state index in [4.69, 9.17) is 4.74 Å². The van der Waals surface area contributed by atoms with Crippen LogP contribution in [0.1, 0.15) is 26.3 Å². The third kappa shape index (κ3) is 7.80. The number of rotatable bonds is 6. The minimum Gasteiger partial charge on any atom is -0.467 e. The molecule has 0 saturated heterocycles. The van der Waals surface area contributed by atoms with Crippen molar-refractivity contribution in [2.24, 2.45) is 0 Å². The van der Waals surface area contributed by atoms with E-state index in [1.54, 1.807) is 26.8 Å². The molecular formula is C16H22BrFN2O5. The number of benzene rings is 1.